The lowest BCUT2D eigenvalue weighted by atomic mass is 9.61. The number of fused-ring (bicyclic) bond motifs is 1. The molecule has 1 N–H and O–H groups in total. The molecule has 0 heterocycles. The maximum atomic E-state index is 10.4. The molecule has 0 amide bonds. The van der Waals surface area contributed by atoms with Gasteiger partial charge in [0, 0.05) is 5.56 Å². The molecule has 0 radical (unpaired) electrons. The van der Waals surface area contributed by atoms with Crippen LogP contribution in [0, 0.1) is 13.8 Å². The van der Waals surface area contributed by atoms with Crippen LogP contribution in [-0.2, 0) is 10.8 Å². The molecule has 94 valence electrons. The Balaban J connectivity index is 2.85. The zero-order valence-corrected chi connectivity index (χ0v) is 11.9. The second kappa shape index (κ2) is 3.51. The smallest absolute Gasteiger partial charge is 0.122 e. The van der Waals surface area contributed by atoms with Gasteiger partial charge in [0.2, 0.25) is 0 Å². The van der Waals surface area contributed by atoms with E-state index < -0.39 is 0 Å². The lowest BCUT2D eigenvalue weighted by Gasteiger charge is -2.43. The van der Waals surface area contributed by atoms with Crippen LogP contribution >= 0.6 is 0 Å². The van der Waals surface area contributed by atoms with Crippen LogP contribution in [-0.4, -0.2) is 5.11 Å². The second-order valence-corrected chi connectivity index (χ2v) is 6.88. The Hall–Kier alpha value is -0.980. The predicted molar refractivity (Wildman–Crippen MR) is 72.9 cm³/mol. The van der Waals surface area contributed by atoms with Crippen molar-refractivity contribution >= 4 is 0 Å². The predicted octanol–water partition coefficient (Wildman–Crippen LogP) is 4.36. The summed E-state index contributed by atoms with van der Waals surface area (Å²) in [6.45, 7) is 13.3. The molecule has 0 saturated carbocycles. The molecular weight excluding hydrogens is 208 g/mol. The summed E-state index contributed by atoms with van der Waals surface area (Å²) in [4.78, 5) is 0. The molecule has 1 nitrogen and oxygen atoms in total. The van der Waals surface area contributed by atoms with Crippen LogP contribution in [0.5, 0.6) is 5.75 Å². The number of hydrogen-bond acceptors (Lipinski definition) is 1. The van der Waals surface area contributed by atoms with Crippen LogP contribution in [0.1, 0.15) is 62.8 Å². The molecule has 17 heavy (non-hydrogen) atoms. The van der Waals surface area contributed by atoms with Gasteiger partial charge in [0.1, 0.15) is 5.75 Å². The summed E-state index contributed by atoms with van der Waals surface area (Å²) < 4.78 is 0. The molecule has 1 aliphatic carbocycles. The van der Waals surface area contributed by atoms with Gasteiger partial charge in [0.15, 0.2) is 0 Å². The molecule has 0 atom stereocenters. The number of rotatable bonds is 0. The van der Waals surface area contributed by atoms with E-state index in [4.69, 9.17) is 0 Å². The summed E-state index contributed by atoms with van der Waals surface area (Å²) in [7, 11) is 0. The number of hydrogen-bond donors (Lipinski definition) is 1. The molecule has 0 saturated heterocycles. The molecule has 0 unspecified atom stereocenters. The van der Waals surface area contributed by atoms with Crippen molar-refractivity contribution < 1.29 is 5.11 Å². The van der Waals surface area contributed by atoms with E-state index in [2.05, 4.69) is 40.7 Å². The van der Waals surface area contributed by atoms with E-state index in [0.717, 1.165) is 12.0 Å². The summed E-state index contributed by atoms with van der Waals surface area (Å²) in [5.74, 6) is 0.517. The van der Waals surface area contributed by atoms with E-state index in [9.17, 15) is 5.11 Å². The molecule has 0 fully saturated rings. The first-order valence-corrected chi connectivity index (χ1v) is 6.51. The lowest BCUT2D eigenvalue weighted by Crippen LogP contribution is -2.34. The Morgan fingerprint density at radius 3 is 1.88 bits per heavy atom. The van der Waals surface area contributed by atoms with Crippen LogP contribution in [0.2, 0.25) is 0 Å². The van der Waals surface area contributed by atoms with Gasteiger partial charge in [-0.15, -0.1) is 0 Å². The minimum atomic E-state index is 0.0890. The fourth-order valence-corrected chi connectivity index (χ4v) is 3.38. The van der Waals surface area contributed by atoms with E-state index in [0.29, 0.717) is 5.75 Å². The average molecular weight is 232 g/mol. The van der Waals surface area contributed by atoms with Gasteiger partial charge in [0.25, 0.3) is 0 Å². The van der Waals surface area contributed by atoms with Crippen molar-refractivity contribution in [1.29, 1.82) is 0 Å². The largest absolute Gasteiger partial charge is 0.507 e. The van der Waals surface area contributed by atoms with Crippen molar-refractivity contribution in [1.82, 2.24) is 0 Å². The molecular formula is C16H24O. The van der Waals surface area contributed by atoms with E-state index in [1.54, 1.807) is 0 Å². The third-order valence-corrected chi connectivity index (χ3v) is 4.42. The number of phenols is 1. The van der Waals surface area contributed by atoms with E-state index in [1.165, 1.54) is 23.1 Å². The zero-order chi connectivity index (χ0) is 13.0. The zero-order valence-electron chi connectivity index (χ0n) is 11.9. The monoisotopic (exact) mass is 232 g/mol. The molecule has 0 spiro atoms. The minimum absolute atomic E-state index is 0.0890. The van der Waals surface area contributed by atoms with Gasteiger partial charge in [-0.2, -0.15) is 0 Å². The Morgan fingerprint density at radius 2 is 1.35 bits per heavy atom. The quantitative estimate of drug-likeness (QED) is 0.704. The van der Waals surface area contributed by atoms with Crippen molar-refractivity contribution in [2.75, 3.05) is 0 Å². The van der Waals surface area contributed by atoms with Gasteiger partial charge in [0.05, 0.1) is 0 Å². The first-order chi connectivity index (χ1) is 7.67. The van der Waals surface area contributed by atoms with Gasteiger partial charge in [-0.25, -0.2) is 0 Å². The van der Waals surface area contributed by atoms with Gasteiger partial charge < -0.3 is 5.11 Å². The molecule has 1 heteroatoms. The van der Waals surface area contributed by atoms with Gasteiger partial charge in [-0.05, 0) is 54.2 Å². The van der Waals surface area contributed by atoms with Crippen LogP contribution in [0.3, 0.4) is 0 Å². The topological polar surface area (TPSA) is 20.2 Å². The summed E-state index contributed by atoms with van der Waals surface area (Å²) >= 11 is 0. The minimum Gasteiger partial charge on any atom is -0.507 e. The van der Waals surface area contributed by atoms with E-state index >= 15 is 0 Å². The van der Waals surface area contributed by atoms with Crippen molar-refractivity contribution in [3.8, 4) is 5.75 Å². The SMILES string of the molecule is Cc1cc(C)c2c(c1O)C(C)(C)CCC2(C)C. The van der Waals surface area contributed by atoms with Gasteiger partial charge >= 0.3 is 0 Å². The van der Waals surface area contributed by atoms with Crippen LogP contribution in [0.15, 0.2) is 6.07 Å². The van der Waals surface area contributed by atoms with Crippen molar-refractivity contribution in [2.45, 2.75) is 65.2 Å². The fourth-order valence-electron chi connectivity index (χ4n) is 3.38. The molecule has 1 aromatic carbocycles. The summed E-state index contributed by atoms with van der Waals surface area (Å²) in [5.41, 5.74) is 5.16. The van der Waals surface area contributed by atoms with Crippen LogP contribution in [0.4, 0.5) is 0 Å². The van der Waals surface area contributed by atoms with Gasteiger partial charge in [-0.3, -0.25) is 0 Å². The Bertz CT molecular complexity index is 467. The standard InChI is InChI=1S/C16H24O/c1-10-9-11(2)14(17)13-12(10)15(3,4)7-8-16(13,5)6/h9,17H,7-8H2,1-6H3. The van der Waals surface area contributed by atoms with Crippen molar-refractivity contribution in [2.24, 2.45) is 0 Å². The Labute approximate surface area is 105 Å². The summed E-state index contributed by atoms with van der Waals surface area (Å²) in [5, 5.41) is 10.4. The van der Waals surface area contributed by atoms with Gasteiger partial charge in [-0.1, -0.05) is 33.8 Å². The molecule has 2 rings (SSSR count). The third-order valence-electron chi connectivity index (χ3n) is 4.42. The molecule has 0 aromatic heterocycles. The fraction of sp³-hybridized carbons (Fsp3) is 0.625. The normalized spacial score (nSPS) is 21.1. The Kier molecular flexibility index (Phi) is 2.57. The Morgan fingerprint density at radius 1 is 0.882 bits per heavy atom. The molecule has 1 aliphatic rings. The highest BCUT2D eigenvalue weighted by Crippen LogP contribution is 2.51. The number of benzene rings is 1. The number of aromatic hydroxyl groups is 1. The third kappa shape index (κ3) is 1.76. The second-order valence-electron chi connectivity index (χ2n) is 6.88. The first-order valence-electron chi connectivity index (χ1n) is 6.51. The highest BCUT2D eigenvalue weighted by molar-refractivity contribution is 5.56. The lowest BCUT2D eigenvalue weighted by molar-refractivity contribution is 0.315. The number of aryl methyl sites for hydroxylation is 2. The summed E-state index contributed by atoms with van der Waals surface area (Å²) in [6, 6.07) is 2.12. The van der Waals surface area contributed by atoms with Crippen LogP contribution < -0.4 is 0 Å². The van der Waals surface area contributed by atoms with Crippen molar-refractivity contribution in [3.05, 3.63) is 28.3 Å². The highest BCUT2D eigenvalue weighted by Gasteiger charge is 2.40. The van der Waals surface area contributed by atoms with E-state index in [-0.39, 0.29) is 10.8 Å². The molecule has 0 bridgehead atoms. The van der Waals surface area contributed by atoms with Crippen LogP contribution in [0.25, 0.3) is 0 Å². The average Bonchev–Trinajstić information content (AvgIpc) is 2.18. The van der Waals surface area contributed by atoms with Crippen molar-refractivity contribution in [3.63, 3.8) is 0 Å². The molecule has 0 aliphatic heterocycles. The highest BCUT2D eigenvalue weighted by atomic mass is 16.3. The number of phenolic OH excluding ortho intramolecular Hbond substituents is 1. The first kappa shape index (κ1) is 12.5. The maximum absolute atomic E-state index is 10.4. The maximum Gasteiger partial charge on any atom is 0.122 e. The van der Waals surface area contributed by atoms with E-state index in [1.807, 2.05) is 6.92 Å². The summed E-state index contributed by atoms with van der Waals surface area (Å²) in [6.07, 6.45) is 2.33. The molecule has 1 aromatic rings.